The van der Waals surface area contributed by atoms with Gasteiger partial charge >= 0.3 is 12.1 Å². The Balaban J connectivity index is 1.54. The fourth-order valence-corrected chi connectivity index (χ4v) is 4.49. The number of ether oxygens (including phenoxy) is 1. The number of aryl methyl sites for hydroxylation is 3. The number of anilines is 1. The Labute approximate surface area is 225 Å². The molecular formula is C26H37F3N6O4. The van der Waals surface area contributed by atoms with E-state index in [1.165, 1.54) is 12.6 Å². The summed E-state index contributed by atoms with van der Waals surface area (Å²) < 4.78 is 46.1. The minimum Gasteiger partial charge on any atom is -0.480 e. The second kappa shape index (κ2) is 14.3. The standard InChI is InChI=1S/C26H37F3N6O4/c1-3-39-16-15-35(13-5-4-8-19-10-9-18-7-6-12-30-23(18)31-19)14-11-21(25(37)38)32-24(36)20-17-34(2)33-22(20)26(27,28)29/h9-10,17,21H,3-8,11-16H2,1-2H3,(H,30,31)(H,32,36)(H,37,38)/t21-/m0/s1. The Kier molecular flexibility index (Phi) is 11.1. The normalized spacial score (nSPS) is 14.1. The molecule has 1 atom stereocenters. The fourth-order valence-electron chi connectivity index (χ4n) is 4.49. The lowest BCUT2D eigenvalue weighted by Crippen LogP contribution is -2.44. The second-order valence-electron chi connectivity index (χ2n) is 9.55. The number of amides is 1. The van der Waals surface area contributed by atoms with E-state index >= 15 is 0 Å². The van der Waals surface area contributed by atoms with Crippen molar-refractivity contribution in [2.75, 3.05) is 44.7 Å². The average molecular weight is 555 g/mol. The number of nitrogens with one attached hydrogen (secondary N) is 2. The maximum Gasteiger partial charge on any atom is 0.435 e. The van der Waals surface area contributed by atoms with Gasteiger partial charge < -0.3 is 25.4 Å². The number of alkyl halides is 3. The first-order valence-electron chi connectivity index (χ1n) is 13.3. The van der Waals surface area contributed by atoms with Crippen LogP contribution in [0.4, 0.5) is 19.0 Å². The molecule has 0 radical (unpaired) electrons. The Hall–Kier alpha value is -3.19. The topological polar surface area (TPSA) is 122 Å². The molecule has 3 rings (SSSR count). The minimum absolute atomic E-state index is 0.0207. The molecule has 0 bridgehead atoms. The van der Waals surface area contributed by atoms with E-state index in [2.05, 4.69) is 27.9 Å². The second-order valence-corrected chi connectivity index (χ2v) is 9.55. The molecular weight excluding hydrogens is 517 g/mol. The molecule has 1 amide bonds. The molecule has 216 valence electrons. The summed E-state index contributed by atoms with van der Waals surface area (Å²) in [6.45, 7) is 5.39. The summed E-state index contributed by atoms with van der Waals surface area (Å²) in [4.78, 5) is 31.2. The van der Waals surface area contributed by atoms with Gasteiger partial charge in [0.25, 0.3) is 5.91 Å². The van der Waals surface area contributed by atoms with Gasteiger partial charge in [-0.2, -0.15) is 18.3 Å². The molecule has 0 saturated carbocycles. The van der Waals surface area contributed by atoms with Crippen LogP contribution in [0.15, 0.2) is 18.3 Å². The number of aliphatic carboxylic acids is 1. The molecule has 2 aromatic heterocycles. The molecule has 0 fully saturated rings. The first kappa shape index (κ1) is 30.4. The van der Waals surface area contributed by atoms with Gasteiger partial charge in [0.05, 0.1) is 12.2 Å². The van der Waals surface area contributed by atoms with Crippen LogP contribution in [0.5, 0.6) is 0 Å². The number of aromatic nitrogens is 3. The Bertz CT molecular complexity index is 1110. The van der Waals surface area contributed by atoms with E-state index in [9.17, 15) is 27.9 Å². The molecule has 0 spiro atoms. The summed E-state index contributed by atoms with van der Waals surface area (Å²) in [5.41, 5.74) is 0.196. The third-order valence-corrected chi connectivity index (χ3v) is 6.54. The molecule has 1 aliphatic rings. The van der Waals surface area contributed by atoms with Gasteiger partial charge in [-0.15, -0.1) is 0 Å². The average Bonchev–Trinajstić information content (AvgIpc) is 3.30. The van der Waals surface area contributed by atoms with E-state index in [0.29, 0.717) is 32.8 Å². The lowest BCUT2D eigenvalue weighted by atomic mass is 10.1. The lowest BCUT2D eigenvalue weighted by molar-refractivity contribution is -0.141. The molecule has 13 heteroatoms. The molecule has 0 unspecified atom stereocenters. The third-order valence-electron chi connectivity index (χ3n) is 6.54. The van der Waals surface area contributed by atoms with E-state index in [0.717, 1.165) is 61.0 Å². The zero-order chi connectivity index (χ0) is 28.4. The van der Waals surface area contributed by atoms with Crippen LogP contribution in [0.25, 0.3) is 0 Å². The maximum absolute atomic E-state index is 13.3. The van der Waals surface area contributed by atoms with Crippen LogP contribution in [0.1, 0.15) is 59.9 Å². The van der Waals surface area contributed by atoms with Gasteiger partial charge in [-0.25, -0.2) is 9.78 Å². The Morgan fingerprint density at radius 3 is 2.77 bits per heavy atom. The Morgan fingerprint density at radius 1 is 1.26 bits per heavy atom. The summed E-state index contributed by atoms with van der Waals surface area (Å²) in [6, 6.07) is 2.83. The van der Waals surface area contributed by atoms with Crippen molar-refractivity contribution < 1.29 is 32.6 Å². The number of rotatable bonds is 15. The number of carboxylic acids is 1. The summed E-state index contributed by atoms with van der Waals surface area (Å²) in [7, 11) is 1.26. The van der Waals surface area contributed by atoms with Crippen LogP contribution in [0, 0.1) is 0 Å². The van der Waals surface area contributed by atoms with E-state index in [4.69, 9.17) is 9.72 Å². The number of halogens is 3. The van der Waals surface area contributed by atoms with Crippen molar-refractivity contribution in [2.24, 2.45) is 7.05 Å². The predicted octanol–water partition coefficient (Wildman–Crippen LogP) is 3.13. The van der Waals surface area contributed by atoms with Gasteiger partial charge in [-0.1, -0.05) is 6.07 Å². The van der Waals surface area contributed by atoms with Crippen LogP contribution in [0.3, 0.4) is 0 Å². The molecule has 0 saturated heterocycles. The Morgan fingerprint density at radius 2 is 2.05 bits per heavy atom. The SMILES string of the molecule is CCOCCN(CCCCc1ccc2c(n1)NCCC2)CC[C@H](NC(=O)c1cn(C)nc1C(F)(F)F)C(=O)O. The number of carbonyl (C=O) groups is 2. The maximum atomic E-state index is 13.3. The van der Waals surface area contributed by atoms with Crippen LogP contribution >= 0.6 is 0 Å². The summed E-state index contributed by atoms with van der Waals surface area (Å²) in [5.74, 6) is -1.49. The smallest absolute Gasteiger partial charge is 0.435 e. The fraction of sp³-hybridized carbons (Fsp3) is 0.615. The molecule has 3 heterocycles. The summed E-state index contributed by atoms with van der Waals surface area (Å²) in [5, 5.41) is 18.5. The number of carboxylic acid groups (broad SMARTS) is 1. The first-order valence-corrected chi connectivity index (χ1v) is 13.3. The van der Waals surface area contributed by atoms with Crippen molar-refractivity contribution >= 4 is 17.7 Å². The zero-order valence-electron chi connectivity index (χ0n) is 22.4. The van der Waals surface area contributed by atoms with Gasteiger partial charge in [-0.05, 0) is 63.6 Å². The van der Waals surface area contributed by atoms with Gasteiger partial charge in [0.15, 0.2) is 5.69 Å². The van der Waals surface area contributed by atoms with Crippen LogP contribution in [-0.4, -0.2) is 82.1 Å². The van der Waals surface area contributed by atoms with Crippen molar-refractivity contribution in [1.29, 1.82) is 0 Å². The molecule has 0 aliphatic carbocycles. The van der Waals surface area contributed by atoms with Crippen molar-refractivity contribution in [1.82, 2.24) is 25.0 Å². The highest BCUT2D eigenvalue weighted by atomic mass is 19.4. The molecule has 0 aromatic carbocycles. The predicted molar refractivity (Wildman–Crippen MR) is 139 cm³/mol. The lowest BCUT2D eigenvalue weighted by Gasteiger charge is -2.24. The van der Waals surface area contributed by atoms with Crippen molar-refractivity contribution in [3.63, 3.8) is 0 Å². The highest BCUT2D eigenvalue weighted by molar-refractivity contribution is 5.97. The molecule has 3 N–H and O–H groups in total. The first-order chi connectivity index (χ1) is 18.6. The van der Waals surface area contributed by atoms with Gasteiger partial charge in [-0.3, -0.25) is 9.48 Å². The number of hydrogen-bond acceptors (Lipinski definition) is 7. The number of carbonyl (C=O) groups excluding carboxylic acids is 1. The summed E-state index contributed by atoms with van der Waals surface area (Å²) in [6.07, 6.45) is 0.794. The number of unbranched alkanes of at least 4 members (excludes halogenated alkanes) is 1. The molecule has 1 aliphatic heterocycles. The zero-order valence-corrected chi connectivity index (χ0v) is 22.4. The van der Waals surface area contributed by atoms with Gasteiger partial charge in [0.1, 0.15) is 11.9 Å². The quantitative estimate of drug-likeness (QED) is 0.287. The van der Waals surface area contributed by atoms with Gasteiger partial charge in [0.2, 0.25) is 0 Å². The van der Waals surface area contributed by atoms with Crippen molar-refractivity contribution in [3.05, 3.63) is 40.8 Å². The van der Waals surface area contributed by atoms with Crippen molar-refractivity contribution in [3.8, 4) is 0 Å². The monoisotopic (exact) mass is 554 g/mol. The van der Waals surface area contributed by atoms with Crippen LogP contribution in [-0.2, 0) is 35.6 Å². The number of fused-ring (bicyclic) bond motifs is 1. The molecule has 39 heavy (non-hydrogen) atoms. The van der Waals surface area contributed by atoms with Crippen LogP contribution in [0.2, 0.25) is 0 Å². The van der Waals surface area contributed by atoms with E-state index < -0.39 is 35.4 Å². The number of nitrogens with zero attached hydrogens (tertiary/aromatic N) is 4. The molecule has 2 aromatic rings. The van der Waals surface area contributed by atoms with Crippen LogP contribution < -0.4 is 10.6 Å². The van der Waals surface area contributed by atoms with E-state index in [1.54, 1.807) is 0 Å². The number of pyridine rings is 1. The summed E-state index contributed by atoms with van der Waals surface area (Å²) >= 11 is 0. The van der Waals surface area contributed by atoms with E-state index in [1.807, 2.05) is 11.8 Å². The molecule has 10 nitrogen and oxygen atoms in total. The minimum atomic E-state index is -4.84. The third kappa shape index (κ3) is 9.20. The van der Waals surface area contributed by atoms with E-state index in [-0.39, 0.29) is 6.42 Å². The largest absolute Gasteiger partial charge is 0.480 e. The highest BCUT2D eigenvalue weighted by Gasteiger charge is 2.39. The van der Waals surface area contributed by atoms with Gasteiger partial charge in [0, 0.05) is 45.2 Å². The number of hydrogen-bond donors (Lipinski definition) is 3. The van der Waals surface area contributed by atoms with Crippen molar-refractivity contribution in [2.45, 2.75) is 57.7 Å². The highest BCUT2D eigenvalue weighted by Crippen LogP contribution is 2.30.